The second kappa shape index (κ2) is 12.8. The molecule has 194 valence electrons. The molecule has 2 aromatic carbocycles. The summed E-state index contributed by atoms with van der Waals surface area (Å²) in [6.07, 6.45) is 4.62. The van der Waals surface area contributed by atoms with Crippen LogP contribution in [0.15, 0.2) is 71.1 Å². The van der Waals surface area contributed by atoms with Crippen LogP contribution in [0.1, 0.15) is 53.8 Å². The van der Waals surface area contributed by atoms with E-state index in [0.29, 0.717) is 5.76 Å². The normalized spacial score (nSPS) is 14.4. The fourth-order valence-electron chi connectivity index (χ4n) is 4.63. The number of nitrogens with one attached hydrogen (secondary N) is 3. The first-order valence-corrected chi connectivity index (χ1v) is 12.7. The van der Waals surface area contributed by atoms with Crippen molar-refractivity contribution >= 4 is 17.9 Å². The minimum atomic E-state index is -0.581. The third-order valence-electron chi connectivity index (χ3n) is 6.63. The molecular formula is C29H33N3O5. The van der Waals surface area contributed by atoms with Crippen LogP contribution in [0.25, 0.3) is 11.3 Å². The summed E-state index contributed by atoms with van der Waals surface area (Å²) in [7, 11) is 1.58. The Morgan fingerprint density at radius 2 is 1.70 bits per heavy atom. The van der Waals surface area contributed by atoms with Crippen LogP contribution < -0.4 is 16.0 Å². The summed E-state index contributed by atoms with van der Waals surface area (Å²) in [5.74, 6) is 0.190. The van der Waals surface area contributed by atoms with Gasteiger partial charge in [0.1, 0.15) is 18.4 Å². The number of ether oxygens (including phenoxy) is 1. The summed E-state index contributed by atoms with van der Waals surface area (Å²) in [6, 6.07) is 19.7. The number of rotatable bonds is 9. The van der Waals surface area contributed by atoms with Crippen LogP contribution in [0.2, 0.25) is 0 Å². The molecule has 1 aliphatic carbocycles. The van der Waals surface area contributed by atoms with Crippen LogP contribution in [0.3, 0.4) is 0 Å². The number of hydrogen-bond donors (Lipinski definition) is 3. The van der Waals surface area contributed by atoms with Gasteiger partial charge in [0.15, 0.2) is 5.76 Å². The minimum absolute atomic E-state index is 0.121. The molecular weight excluding hydrogens is 470 g/mol. The highest BCUT2D eigenvalue weighted by molar-refractivity contribution is 5.96. The van der Waals surface area contributed by atoms with Crippen molar-refractivity contribution in [2.45, 2.75) is 51.3 Å². The van der Waals surface area contributed by atoms with Gasteiger partial charge >= 0.3 is 6.09 Å². The lowest BCUT2D eigenvalue weighted by Crippen LogP contribution is -2.50. The highest BCUT2D eigenvalue weighted by Gasteiger charge is 2.31. The summed E-state index contributed by atoms with van der Waals surface area (Å²) in [4.78, 5) is 37.5. The van der Waals surface area contributed by atoms with Crippen LogP contribution >= 0.6 is 0 Å². The second-order valence-corrected chi connectivity index (χ2v) is 9.24. The van der Waals surface area contributed by atoms with E-state index in [9.17, 15) is 14.4 Å². The highest BCUT2D eigenvalue weighted by Crippen LogP contribution is 2.28. The fourth-order valence-corrected chi connectivity index (χ4v) is 4.63. The molecule has 1 heterocycles. The van der Waals surface area contributed by atoms with Crippen molar-refractivity contribution in [2.24, 2.45) is 5.92 Å². The van der Waals surface area contributed by atoms with Gasteiger partial charge in [-0.3, -0.25) is 9.59 Å². The molecule has 8 nitrogen and oxygen atoms in total. The molecule has 0 aliphatic heterocycles. The number of amides is 3. The Morgan fingerprint density at radius 1 is 0.946 bits per heavy atom. The maximum absolute atomic E-state index is 12.9. The zero-order chi connectivity index (χ0) is 26.0. The van der Waals surface area contributed by atoms with E-state index in [-0.39, 0.29) is 30.7 Å². The average Bonchev–Trinajstić information content (AvgIpc) is 3.45. The summed E-state index contributed by atoms with van der Waals surface area (Å²) >= 11 is 0. The summed E-state index contributed by atoms with van der Waals surface area (Å²) in [5, 5.41) is 8.30. The molecule has 0 spiro atoms. The van der Waals surface area contributed by atoms with Crippen molar-refractivity contribution in [1.82, 2.24) is 16.0 Å². The van der Waals surface area contributed by atoms with Gasteiger partial charge in [-0.25, -0.2) is 4.79 Å². The summed E-state index contributed by atoms with van der Waals surface area (Å²) < 4.78 is 11.1. The number of carbonyl (C=O) groups is 3. The number of hydrogen-bond acceptors (Lipinski definition) is 5. The van der Waals surface area contributed by atoms with Gasteiger partial charge < -0.3 is 25.1 Å². The first kappa shape index (κ1) is 26.0. The third-order valence-corrected chi connectivity index (χ3v) is 6.63. The fraction of sp³-hybridized carbons (Fsp3) is 0.345. The maximum Gasteiger partial charge on any atom is 0.407 e. The Kier molecular flexibility index (Phi) is 8.97. The third kappa shape index (κ3) is 7.22. The molecule has 1 aliphatic rings. The Morgan fingerprint density at radius 3 is 2.46 bits per heavy atom. The molecule has 3 amide bonds. The predicted molar refractivity (Wildman–Crippen MR) is 140 cm³/mol. The van der Waals surface area contributed by atoms with Crippen molar-refractivity contribution in [1.29, 1.82) is 0 Å². The van der Waals surface area contributed by atoms with E-state index in [1.165, 1.54) is 0 Å². The van der Waals surface area contributed by atoms with Crippen LogP contribution in [0.4, 0.5) is 4.79 Å². The van der Waals surface area contributed by atoms with Gasteiger partial charge in [-0.05, 0) is 48.1 Å². The van der Waals surface area contributed by atoms with Crippen molar-refractivity contribution in [3.05, 3.63) is 83.6 Å². The number of furan rings is 1. The largest absolute Gasteiger partial charge is 0.451 e. The molecule has 1 saturated carbocycles. The number of benzene rings is 2. The van der Waals surface area contributed by atoms with Crippen LogP contribution in [0, 0.1) is 5.92 Å². The zero-order valence-corrected chi connectivity index (χ0v) is 21.0. The predicted octanol–water partition coefficient (Wildman–Crippen LogP) is 4.80. The van der Waals surface area contributed by atoms with Crippen LogP contribution in [-0.4, -0.2) is 31.0 Å². The van der Waals surface area contributed by atoms with Gasteiger partial charge in [0.2, 0.25) is 5.91 Å². The van der Waals surface area contributed by atoms with Gasteiger partial charge in [0.25, 0.3) is 5.91 Å². The molecule has 0 bridgehead atoms. The van der Waals surface area contributed by atoms with Gasteiger partial charge in [0, 0.05) is 19.2 Å². The minimum Gasteiger partial charge on any atom is -0.451 e. The van der Waals surface area contributed by atoms with Crippen LogP contribution in [0.5, 0.6) is 0 Å². The van der Waals surface area contributed by atoms with Gasteiger partial charge in [-0.15, -0.1) is 0 Å². The highest BCUT2D eigenvalue weighted by atomic mass is 16.5. The monoisotopic (exact) mass is 503 g/mol. The summed E-state index contributed by atoms with van der Waals surface area (Å²) in [5.41, 5.74) is 2.54. The average molecular weight is 504 g/mol. The lowest BCUT2D eigenvalue weighted by Gasteiger charge is -2.29. The molecule has 37 heavy (non-hydrogen) atoms. The lowest BCUT2D eigenvalue weighted by atomic mass is 9.83. The molecule has 3 N–H and O–H groups in total. The van der Waals surface area contributed by atoms with Gasteiger partial charge in [0.05, 0.1) is 0 Å². The molecule has 1 fully saturated rings. The Bertz CT molecular complexity index is 1200. The first-order valence-electron chi connectivity index (χ1n) is 12.7. The summed E-state index contributed by atoms with van der Waals surface area (Å²) in [6.45, 7) is 0.482. The topological polar surface area (TPSA) is 110 Å². The van der Waals surface area contributed by atoms with E-state index in [1.807, 2.05) is 54.6 Å². The van der Waals surface area contributed by atoms with Crippen molar-refractivity contribution in [2.75, 3.05) is 7.05 Å². The molecule has 1 atom stereocenters. The Hall–Kier alpha value is -4.07. The standard InChI is InChI=1S/C29H33N3O5/c1-30-28(34)26(22-12-6-3-7-13-22)32-27(33)25-16-15-24(37-25)23-14-8-11-21(17-23)18-31-29(35)36-19-20-9-4-2-5-10-20/h2,4-5,8-11,14-17,22,26H,3,6-7,12-13,18-19H2,1H3,(H,30,34)(H,31,35)(H,32,33)/t26-/m0/s1. The van der Waals surface area contributed by atoms with E-state index in [1.54, 1.807) is 19.2 Å². The molecule has 1 aromatic heterocycles. The second-order valence-electron chi connectivity index (χ2n) is 9.24. The van der Waals surface area contributed by atoms with Crippen LogP contribution in [-0.2, 0) is 22.7 Å². The van der Waals surface area contributed by atoms with Gasteiger partial charge in [-0.1, -0.05) is 67.8 Å². The van der Waals surface area contributed by atoms with E-state index in [2.05, 4.69) is 16.0 Å². The number of alkyl carbamates (subject to hydrolysis) is 1. The molecule has 8 heteroatoms. The molecule has 3 aromatic rings. The molecule has 0 unspecified atom stereocenters. The molecule has 4 rings (SSSR count). The van der Waals surface area contributed by atoms with Crippen molar-refractivity contribution in [3.8, 4) is 11.3 Å². The number of carbonyl (C=O) groups excluding carboxylic acids is 3. The quantitative estimate of drug-likeness (QED) is 0.389. The molecule has 0 radical (unpaired) electrons. The first-order chi connectivity index (χ1) is 18.0. The van der Waals surface area contributed by atoms with E-state index in [4.69, 9.17) is 9.15 Å². The van der Waals surface area contributed by atoms with E-state index < -0.39 is 18.0 Å². The lowest BCUT2D eigenvalue weighted by molar-refractivity contribution is -0.124. The smallest absolute Gasteiger partial charge is 0.407 e. The van der Waals surface area contributed by atoms with E-state index >= 15 is 0 Å². The Balaban J connectivity index is 1.34. The zero-order valence-electron chi connectivity index (χ0n) is 21.0. The van der Waals surface area contributed by atoms with Gasteiger partial charge in [-0.2, -0.15) is 0 Å². The Labute approximate surface area is 216 Å². The van der Waals surface area contributed by atoms with E-state index in [0.717, 1.165) is 48.8 Å². The SMILES string of the molecule is CNC(=O)[C@@H](NC(=O)c1ccc(-c2cccc(CNC(=O)OCc3ccccc3)c2)o1)C1CCCCC1. The molecule has 0 saturated heterocycles. The van der Waals surface area contributed by atoms with Crippen molar-refractivity contribution < 1.29 is 23.5 Å². The maximum atomic E-state index is 12.9. The number of likely N-dealkylation sites (N-methyl/N-ethyl adjacent to an activating group) is 1. The van der Waals surface area contributed by atoms with Crippen molar-refractivity contribution in [3.63, 3.8) is 0 Å².